The fourth-order valence-electron chi connectivity index (χ4n) is 3.67. The van der Waals surface area contributed by atoms with Crippen LogP contribution < -0.4 is 15.4 Å². The molecule has 1 fully saturated rings. The summed E-state index contributed by atoms with van der Waals surface area (Å²) in [5, 5.41) is 6.39. The van der Waals surface area contributed by atoms with E-state index in [0.717, 1.165) is 31.8 Å². The highest BCUT2D eigenvalue weighted by Gasteiger charge is 2.16. The van der Waals surface area contributed by atoms with Crippen molar-refractivity contribution in [3.8, 4) is 5.75 Å². The molecule has 0 saturated carbocycles. The van der Waals surface area contributed by atoms with E-state index in [1.807, 2.05) is 6.92 Å². The monoisotopic (exact) mass is 446 g/mol. The van der Waals surface area contributed by atoms with E-state index in [9.17, 15) is 8.78 Å². The van der Waals surface area contributed by atoms with Crippen molar-refractivity contribution in [2.45, 2.75) is 46.2 Å². The smallest absolute Gasteiger partial charge is 0.387 e. The predicted octanol–water partition coefficient (Wildman–Crippen LogP) is 3.76. The zero-order valence-electron chi connectivity index (χ0n) is 18.7. The minimum atomic E-state index is -2.86. The molecule has 0 spiro atoms. The lowest BCUT2D eigenvalue weighted by Gasteiger charge is -2.31. The zero-order chi connectivity index (χ0) is 22.8. The van der Waals surface area contributed by atoms with Crippen molar-refractivity contribution >= 4 is 5.96 Å². The molecule has 0 radical (unpaired) electrons. The third-order valence-corrected chi connectivity index (χ3v) is 5.12. The molecule has 2 aromatic rings. The van der Waals surface area contributed by atoms with Crippen molar-refractivity contribution in [1.29, 1.82) is 0 Å². The molecular weight excluding hydrogens is 414 g/mol. The Morgan fingerprint density at radius 2 is 2.00 bits per heavy atom. The van der Waals surface area contributed by atoms with Gasteiger partial charge in [0.15, 0.2) is 5.96 Å². The quantitative estimate of drug-likeness (QED) is 0.454. The second-order valence-corrected chi connectivity index (χ2v) is 7.77. The molecule has 32 heavy (non-hydrogen) atoms. The third-order valence-electron chi connectivity index (χ3n) is 5.12. The Kier molecular flexibility index (Phi) is 9.25. The van der Waals surface area contributed by atoms with Crippen LogP contribution in [-0.2, 0) is 24.4 Å². The summed E-state index contributed by atoms with van der Waals surface area (Å²) in [6.07, 6.45) is 0.265. The van der Waals surface area contributed by atoms with Crippen LogP contribution in [0, 0.1) is 0 Å². The van der Waals surface area contributed by atoms with Gasteiger partial charge in [0.1, 0.15) is 5.75 Å². The van der Waals surface area contributed by atoms with Crippen LogP contribution in [0.2, 0.25) is 0 Å². The average Bonchev–Trinajstić information content (AvgIpc) is 2.76. The number of nitrogens with one attached hydrogen (secondary N) is 2. The number of para-hydroxylation sites is 1. The van der Waals surface area contributed by atoms with Gasteiger partial charge >= 0.3 is 6.61 Å². The number of guanidine groups is 1. The Bertz CT molecular complexity index is 879. The lowest BCUT2D eigenvalue weighted by Crippen LogP contribution is -2.40. The molecule has 0 amide bonds. The lowest BCUT2D eigenvalue weighted by molar-refractivity contribution is -0.0504. The van der Waals surface area contributed by atoms with Crippen LogP contribution in [0.5, 0.6) is 5.75 Å². The Balaban J connectivity index is 1.60. The van der Waals surface area contributed by atoms with Gasteiger partial charge in [-0.2, -0.15) is 8.78 Å². The van der Waals surface area contributed by atoms with Crippen LogP contribution >= 0.6 is 0 Å². The van der Waals surface area contributed by atoms with E-state index in [1.165, 1.54) is 11.6 Å². The Morgan fingerprint density at radius 3 is 2.78 bits per heavy atom. The highest BCUT2D eigenvalue weighted by molar-refractivity contribution is 5.79. The molecule has 2 N–H and O–H groups in total. The summed E-state index contributed by atoms with van der Waals surface area (Å²) in [4.78, 5) is 7.07. The average molecular weight is 447 g/mol. The van der Waals surface area contributed by atoms with Gasteiger partial charge in [0.05, 0.1) is 19.3 Å². The largest absolute Gasteiger partial charge is 0.434 e. The summed E-state index contributed by atoms with van der Waals surface area (Å²) in [5.41, 5.74) is 3.01. The van der Waals surface area contributed by atoms with Crippen molar-refractivity contribution < 1.29 is 18.3 Å². The number of rotatable bonds is 9. The number of morpholine rings is 1. The van der Waals surface area contributed by atoms with Crippen LogP contribution in [0.4, 0.5) is 8.78 Å². The summed E-state index contributed by atoms with van der Waals surface area (Å²) < 4.78 is 35.5. The standard InChI is InChI=1S/C24H32F2N4O2/c1-3-27-24(29-15-21-9-4-5-10-22(21)32-23(25)26)28-14-19-7-6-8-20(13-19)17-30-11-12-31-18(2)16-30/h4-10,13,18,23H,3,11-12,14-17H2,1-2H3,(H2,27,28,29). The number of aliphatic imine (C=N–C) groups is 1. The molecule has 174 valence electrons. The van der Waals surface area contributed by atoms with Gasteiger partial charge < -0.3 is 20.1 Å². The number of hydrogen-bond donors (Lipinski definition) is 2. The topological polar surface area (TPSA) is 58.1 Å². The number of alkyl halides is 2. The van der Waals surface area contributed by atoms with Crippen molar-refractivity contribution in [2.24, 2.45) is 4.99 Å². The molecule has 1 saturated heterocycles. The minimum Gasteiger partial charge on any atom is -0.434 e. The van der Waals surface area contributed by atoms with Crippen LogP contribution in [0.3, 0.4) is 0 Å². The molecule has 1 aliphatic rings. The maximum absolute atomic E-state index is 12.6. The first-order valence-corrected chi connectivity index (χ1v) is 11.0. The molecule has 1 atom stereocenters. The second-order valence-electron chi connectivity index (χ2n) is 7.77. The van der Waals surface area contributed by atoms with E-state index in [1.54, 1.807) is 18.2 Å². The number of nitrogens with zero attached hydrogens (tertiary/aromatic N) is 2. The molecule has 1 aliphatic heterocycles. The fourth-order valence-corrected chi connectivity index (χ4v) is 3.67. The van der Waals surface area contributed by atoms with Crippen molar-refractivity contribution in [3.05, 3.63) is 65.2 Å². The fraction of sp³-hybridized carbons (Fsp3) is 0.458. The van der Waals surface area contributed by atoms with Gasteiger partial charge in [-0.1, -0.05) is 42.5 Å². The molecule has 6 nitrogen and oxygen atoms in total. The van der Waals surface area contributed by atoms with Gasteiger partial charge in [-0.3, -0.25) is 4.90 Å². The molecule has 0 aliphatic carbocycles. The van der Waals surface area contributed by atoms with Gasteiger partial charge in [-0.15, -0.1) is 0 Å². The Morgan fingerprint density at radius 1 is 1.19 bits per heavy atom. The highest BCUT2D eigenvalue weighted by Crippen LogP contribution is 2.20. The van der Waals surface area contributed by atoms with Crippen LogP contribution in [-0.4, -0.2) is 49.8 Å². The summed E-state index contributed by atoms with van der Waals surface area (Å²) in [7, 11) is 0. The molecule has 1 heterocycles. The molecule has 1 unspecified atom stereocenters. The summed E-state index contributed by atoms with van der Waals surface area (Å²) in [6, 6.07) is 15.2. The minimum absolute atomic E-state index is 0.163. The van der Waals surface area contributed by atoms with Gasteiger partial charge in [0.25, 0.3) is 0 Å². The van der Waals surface area contributed by atoms with E-state index >= 15 is 0 Å². The predicted molar refractivity (Wildman–Crippen MR) is 122 cm³/mol. The van der Waals surface area contributed by atoms with E-state index < -0.39 is 6.61 Å². The van der Waals surface area contributed by atoms with Crippen molar-refractivity contribution in [1.82, 2.24) is 15.5 Å². The Labute approximate surface area is 188 Å². The van der Waals surface area contributed by atoms with Crippen LogP contribution in [0.15, 0.2) is 53.5 Å². The van der Waals surface area contributed by atoms with Gasteiger partial charge in [-0.05, 0) is 31.0 Å². The molecule has 0 aromatic heterocycles. The van der Waals surface area contributed by atoms with Crippen molar-refractivity contribution in [2.75, 3.05) is 26.2 Å². The highest BCUT2D eigenvalue weighted by atomic mass is 19.3. The van der Waals surface area contributed by atoms with E-state index in [2.05, 4.69) is 56.5 Å². The van der Waals surface area contributed by atoms with Gasteiger partial charge in [-0.25, -0.2) is 4.99 Å². The lowest BCUT2D eigenvalue weighted by atomic mass is 10.1. The normalized spacial score (nSPS) is 17.4. The molecule has 0 bridgehead atoms. The number of ether oxygens (including phenoxy) is 2. The van der Waals surface area contributed by atoms with Gasteiger partial charge in [0, 0.05) is 38.3 Å². The van der Waals surface area contributed by atoms with E-state index in [-0.39, 0.29) is 11.9 Å². The number of benzene rings is 2. The summed E-state index contributed by atoms with van der Waals surface area (Å²) in [5.74, 6) is 0.780. The molecule has 3 rings (SSSR count). The first-order valence-electron chi connectivity index (χ1n) is 11.0. The molecule has 2 aromatic carbocycles. The SMILES string of the molecule is CCNC(=NCc1cccc(CN2CCOC(C)C2)c1)NCc1ccccc1OC(F)F. The summed E-state index contributed by atoms with van der Waals surface area (Å²) >= 11 is 0. The van der Waals surface area contributed by atoms with Crippen LogP contribution in [0.25, 0.3) is 0 Å². The number of hydrogen-bond acceptors (Lipinski definition) is 4. The van der Waals surface area contributed by atoms with Crippen LogP contribution in [0.1, 0.15) is 30.5 Å². The third kappa shape index (κ3) is 7.76. The molecular formula is C24H32F2N4O2. The van der Waals surface area contributed by atoms with Crippen molar-refractivity contribution in [3.63, 3.8) is 0 Å². The maximum Gasteiger partial charge on any atom is 0.387 e. The van der Waals surface area contributed by atoms with E-state index in [0.29, 0.717) is 31.2 Å². The van der Waals surface area contributed by atoms with Gasteiger partial charge in [0.2, 0.25) is 0 Å². The first kappa shape index (κ1) is 23.9. The molecule has 8 heteroatoms. The van der Waals surface area contributed by atoms with E-state index in [4.69, 9.17) is 4.74 Å². The summed E-state index contributed by atoms with van der Waals surface area (Å²) in [6.45, 7) is 6.30. The maximum atomic E-state index is 12.6. The Hall–Kier alpha value is -2.71. The first-order chi connectivity index (χ1) is 15.5. The zero-order valence-corrected chi connectivity index (χ0v) is 18.7. The second kappa shape index (κ2) is 12.4. The number of halogens is 2.